The van der Waals surface area contributed by atoms with Gasteiger partial charge in [-0.25, -0.2) is 9.37 Å². The van der Waals surface area contributed by atoms with Crippen LogP contribution in [0.3, 0.4) is 0 Å². The van der Waals surface area contributed by atoms with Gasteiger partial charge in [0, 0.05) is 6.07 Å². The van der Waals surface area contributed by atoms with E-state index in [9.17, 15) is 9.18 Å². The number of nitrogens with zero attached hydrogens (tertiary/aromatic N) is 2. The summed E-state index contributed by atoms with van der Waals surface area (Å²) in [6, 6.07) is 2.88. The summed E-state index contributed by atoms with van der Waals surface area (Å²) in [5, 5.41) is 0. The Morgan fingerprint density at radius 3 is 2.95 bits per heavy atom. The lowest BCUT2D eigenvalue weighted by Crippen LogP contribution is -2.15. The van der Waals surface area contributed by atoms with Gasteiger partial charge in [-0.2, -0.15) is 0 Å². The Morgan fingerprint density at radius 1 is 1.58 bits per heavy atom. The van der Waals surface area contributed by atoms with Gasteiger partial charge in [-0.3, -0.25) is 4.79 Å². The first kappa shape index (κ1) is 14.3. The molecule has 0 aliphatic carbocycles. The Labute approximate surface area is 122 Å². The molecular formula is C12H11BrClFN2O2. The number of hydrogen-bond acceptors (Lipinski definition) is 3. The van der Waals surface area contributed by atoms with Crippen molar-refractivity contribution in [2.45, 2.75) is 19.3 Å². The maximum atomic E-state index is 13.6. The van der Waals surface area contributed by atoms with E-state index >= 15 is 0 Å². The second kappa shape index (κ2) is 5.88. The molecule has 7 heteroatoms. The predicted octanol–water partition coefficient (Wildman–Crippen LogP) is 3.24. The maximum absolute atomic E-state index is 13.6. The number of rotatable bonds is 4. The Hall–Kier alpha value is -1.14. The molecule has 4 nitrogen and oxygen atoms in total. The minimum absolute atomic E-state index is 0.0343. The van der Waals surface area contributed by atoms with Gasteiger partial charge in [0.15, 0.2) is 0 Å². The monoisotopic (exact) mass is 348 g/mol. The zero-order valence-electron chi connectivity index (χ0n) is 10.1. The fourth-order valence-electron chi connectivity index (χ4n) is 1.78. The molecule has 2 aromatic rings. The second-order valence-electron chi connectivity index (χ2n) is 3.81. The van der Waals surface area contributed by atoms with Crippen LogP contribution in [-0.2, 0) is 22.0 Å². The lowest BCUT2D eigenvalue weighted by atomic mass is 10.3. The zero-order valence-corrected chi connectivity index (χ0v) is 12.5. The van der Waals surface area contributed by atoms with Crippen molar-refractivity contribution >= 4 is 44.5 Å². The van der Waals surface area contributed by atoms with Crippen molar-refractivity contribution in [2.75, 3.05) is 6.61 Å². The van der Waals surface area contributed by atoms with E-state index in [1.807, 2.05) is 0 Å². The van der Waals surface area contributed by atoms with Crippen LogP contribution in [0.4, 0.5) is 4.39 Å². The SMILES string of the molecule is CCOC(=O)Cn1c(CCl)nc2cc(Br)c(F)cc21. The molecule has 0 amide bonds. The van der Waals surface area contributed by atoms with Gasteiger partial charge in [0.25, 0.3) is 0 Å². The number of carbonyl (C=O) groups is 1. The summed E-state index contributed by atoms with van der Waals surface area (Å²) in [5.74, 6) is -0.190. The molecule has 2 rings (SSSR count). The van der Waals surface area contributed by atoms with Crippen LogP contribution in [-0.4, -0.2) is 22.1 Å². The molecule has 1 heterocycles. The summed E-state index contributed by atoms with van der Waals surface area (Å²) in [7, 11) is 0. The second-order valence-corrected chi connectivity index (χ2v) is 4.93. The van der Waals surface area contributed by atoms with Crippen LogP contribution >= 0.6 is 27.5 Å². The van der Waals surface area contributed by atoms with Gasteiger partial charge in [-0.05, 0) is 28.9 Å². The number of fused-ring (bicyclic) bond motifs is 1. The molecule has 1 aromatic carbocycles. The lowest BCUT2D eigenvalue weighted by Gasteiger charge is -2.07. The van der Waals surface area contributed by atoms with Crippen molar-refractivity contribution < 1.29 is 13.9 Å². The van der Waals surface area contributed by atoms with Gasteiger partial charge >= 0.3 is 5.97 Å². The highest BCUT2D eigenvalue weighted by Crippen LogP contribution is 2.24. The topological polar surface area (TPSA) is 44.1 Å². The average Bonchev–Trinajstić information content (AvgIpc) is 2.68. The molecule has 0 atom stereocenters. The van der Waals surface area contributed by atoms with Crippen LogP contribution in [0.5, 0.6) is 0 Å². The van der Waals surface area contributed by atoms with Crippen molar-refractivity contribution in [2.24, 2.45) is 0 Å². The molecule has 0 spiro atoms. The molecule has 0 aliphatic heterocycles. The van der Waals surface area contributed by atoms with E-state index in [-0.39, 0.29) is 12.4 Å². The molecular weight excluding hydrogens is 338 g/mol. The third-order valence-corrected chi connectivity index (χ3v) is 3.43. The third kappa shape index (κ3) is 2.90. The molecule has 102 valence electrons. The largest absolute Gasteiger partial charge is 0.465 e. The van der Waals surface area contributed by atoms with Gasteiger partial charge in [-0.1, -0.05) is 0 Å². The lowest BCUT2D eigenvalue weighted by molar-refractivity contribution is -0.143. The smallest absolute Gasteiger partial charge is 0.326 e. The van der Waals surface area contributed by atoms with E-state index in [0.717, 1.165) is 0 Å². The molecule has 1 aromatic heterocycles. The van der Waals surface area contributed by atoms with Crippen LogP contribution in [0.15, 0.2) is 16.6 Å². The van der Waals surface area contributed by atoms with E-state index in [2.05, 4.69) is 20.9 Å². The number of carbonyl (C=O) groups excluding carboxylic acids is 1. The van der Waals surface area contributed by atoms with E-state index in [4.69, 9.17) is 16.3 Å². The highest BCUT2D eigenvalue weighted by atomic mass is 79.9. The van der Waals surface area contributed by atoms with Crippen molar-refractivity contribution in [3.63, 3.8) is 0 Å². The fraction of sp³-hybridized carbons (Fsp3) is 0.333. The highest BCUT2D eigenvalue weighted by Gasteiger charge is 2.15. The summed E-state index contributed by atoms with van der Waals surface area (Å²) in [6.07, 6.45) is 0. The van der Waals surface area contributed by atoms with Crippen LogP contribution in [0, 0.1) is 5.82 Å². The van der Waals surface area contributed by atoms with E-state index in [1.165, 1.54) is 6.07 Å². The van der Waals surface area contributed by atoms with Crippen molar-refractivity contribution in [3.8, 4) is 0 Å². The standard InChI is InChI=1S/C12H11BrClFN2O2/c1-2-19-12(18)6-17-10-4-8(15)7(13)3-9(10)16-11(17)5-14/h3-4H,2,5-6H2,1H3. The minimum Gasteiger partial charge on any atom is -0.465 e. The number of aromatic nitrogens is 2. The van der Waals surface area contributed by atoms with Crippen molar-refractivity contribution in [3.05, 3.63) is 28.2 Å². The Kier molecular flexibility index (Phi) is 4.42. The normalized spacial score (nSPS) is 10.9. The number of esters is 1. The molecule has 19 heavy (non-hydrogen) atoms. The van der Waals surface area contributed by atoms with Crippen molar-refractivity contribution in [1.82, 2.24) is 9.55 Å². The summed E-state index contributed by atoms with van der Waals surface area (Å²) in [4.78, 5) is 15.8. The Balaban J connectivity index is 2.50. The maximum Gasteiger partial charge on any atom is 0.326 e. The van der Waals surface area contributed by atoms with E-state index < -0.39 is 11.8 Å². The number of halogens is 3. The zero-order chi connectivity index (χ0) is 14.0. The first-order valence-electron chi connectivity index (χ1n) is 5.62. The number of hydrogen-bond donors (Lipinski definition) is 0. The Bertz CT molecular complexity index is 630. The van der Waals surface area contributed by atoms with Gasteiger partial charge < -0.3 is 9.30 Å². The van der Waals surface area contributed by atoms with Gasteiger partial charge in [0.1, 0.15) is 18.2 Å². The fourth-order valence-corrected chi connectivity index (χ4v) is 2.32. The first-order chi connectivity index (χ1) is 9.06. The molecule has 0 radical (unpaired) electrons. The number of imidazole rings is 1. The van der Waals surface area contributed by atoms with Gasteiger partial charge in [0.05, 0.1) is 28.0 Å². The predicted molar refractivity (Wildman–Crippen MR) is 73.6 cm³/mol. The summed E-state index contributed by atoms with van der Waals surface area (Å²) in [6.45, 7) is 1.98. The minimum atomic E-state index is -0.418. The van der Waals surface area contributed by atoms with Crippen LogP contribution in [0.2, 0.25) is 0 Å². The highest BCUT2D eigenvalue weighted by molar-refractivity contribution is 9.10. The van der Waals surface area contributed by atoms with Crippen LogP contribution < -0.4 is 0 Å². The molecule has 0 aliphatic rings. The number of ether oxygens (including phenoxy) is 1. The third-order valence-electron chi connectivity index (χ3n) is 2.58. The van der Waals surface area contributed by atoms with Crippen LogP contribution in [0.25, 0.3) is 11.0 Å². The average molecular weight is 350 g/mol. The Morgan fingerprint density at radius 2 is 2.32 bits per heavy atom. The summed E-state index contributed by atoms with van der Waals surface area (Å²) in [5.41, 5.74) is 1.10. The van der Waals surface area contributed by atoms with Gasteiger partial charge in [-0.15, -0.1) is 11.6 Å². The van der Waals surface area contributed by atoms with Crippen LogP contribution in [0.1, 0.15) is 12.7 Å². The van der Waals surface area contributed by atoms with Gasteiger partial charge in [0.2, 0.25) is 0 Å². The van der Waals surface area contributed by atoms with E-state index in [0.29, 0.717) is 27.9 Å². The number of alkyl halides is 1. The van der Waals surface area contributed by atoms with E-state index in [1.54, 1.807) is 17.6 Å². The molecule has 0 unspecified atom stereocenters. The summed E-state index contributed by atoms with van der Waals surface area (Å²) < 4.78 is 20.4. The molecule has 0 N–H and O–H groups in total. The molecule has 0 fully saturated rings. The number of benzene rings is 1. The molecule has 0 saturated carbocycles. The molecule has 0 bridgehead atoms. The van der Waals surface area contributed by atoms with Crippen molar-refractivity contribution in [1.29, 1.82) is 0 Å². The summed E-state index contributed by atoms with van der Waals surface area (Å²) >= 11 is 8.90. The first-order valence-corrected chi connectivity index (χ1v) is 6.95. The quantitative estimate of drug-likeness (QED) is 0.629. The molecule has 0 saturated heterocycles.